The van der Waals surface area contributed by atoms with E-state index in [0.29, 0.717) is 17.7 Å². The molecule has 0 amide bonds. The molecule has 5 heteroatoms. The smallest absolute Gasteiger partial charge is 0.359 e. The van der Waals surface area contributed by atoms with E-state index in [-0.39, 0.29) is 19.0 Å². The summed E-state index contributed by atoms with van der Waals surface area (Å²) in [4.78, 5) is 10.4. The van der Waals surface area contributed by atoms with Gasteiger partial charge in [-0.05, 0) is 0 Å². The molecule has 0 aliphatic carbocycles. The minimum absolute atomic E-state index is 0. The number of likely N-dealkylation sites (N-methyl/N-ethyl adjacent to an activating group) is 1. The lowest BCUT2D eigenvalue weighted by Gasteiger charge is -2.35. The van der Waals surface area contributed by atoms with Gasteiger partial charge >= 0.3 is 5.97 Å². The van der Waals surface area contributed by atoms with Crippen LogP contribution >= 0.6 is 12.4 Å². The zero-order valence-corrected chi connectivity index (χ0v) is 7.97. The van der Waals surface area contributed by atoms with Crippen LogP contribution in [0.4, 0.5) is 0 Å². The van der Waals surface area contributed by atoms with E-state index < -0.39 is 5.97 Å². The molecular weight excluding hydrogens is 182 g/mol. The highest BCUT2D eigenvalue weighted by Gasteiger charge is 2.27. The van der Waals surface area contributed by atoms with Gasteiger partial charge in [-0.25, -0.2) is 4.79 Å². The standard InChI is InChI=1S/C7H13NO3.ClH/c1-8(6-7(9)10)2-4-11-5-3-8;/h2-6H2,1H3;1H/p+1. The fraction of sp³-hybridized carbons (Fsp3) is 0.857. The highest BCUT2D eigenvalue weighted by atomic mass is 35.5. The molecule has 12 heavy (non-hydrogen) atoms. The van der Waals surface area contributed by atoms with Crippen molar-refractivity contribution in [2.24, 2.45) is 0 Å². The fourth-order valence-corrected chi connectivity index (χ4v) is 1.27. The molecule has 0 atom stereocenters. The van der Waals surface area contributed by atoms with Crippen molar-refractivity contribution in [3.8, 4) is 0 Å². The van der Waals surface area contributed by atoms with Crippen LogP contribution in [0.15, 0.2) is 0 Å². The average molecular weight is 197 g/mol. The number of rotatable bonds is 2. The molecule has 1 aliphatic rings. The third kappa shape index (κ3) is 3.38. The lowest BCUT2D eigenvalue weighted by atomic mass is 10.3. The molecule has 1 heterocycles. The number of halogens is 1. The molecule has 1 N–H and O–H groups in total. The summed E-state index contributed by atoms with van der Waals surface area (Å²) in [7, 11) is 1.96. The second-order valence-corrected chi connectivity index (χ2v) is 3.23. The van der Waals surface area contributed by atoms with Crippen molar-refractivity contribution >= 4 is 18.4 Å². The molecule has 72 valence electrons. The summed E-state index contributed by atoms with van der Waals surface area (Å²) < 4.78 is 5.74. The van der Waals surface area contributed by atoms with Gasteiger partial charge in [-0.3, -0.25) is 0 Å². The fourth-order valence-electron chi connectivity index (χ4n) is 1.27. The third-order valence-corrected chi connectivity index (χ3v) is 2.07. The monoisotopic (exact) mass is 196 g/mol. The van der Waals surface area contributed by atoms with Gasteiger partial charge in [-0.15, -0.1) is 12.4 Å². The maximum Gasteiger partial charge on any atom is 0.359 e. The van der Waals surface area contributed by atoms with Crippen LogP contribution in [0.5, 0.6) is 0 Å². The van der Waals surface area contributed by atoms with Gasteiger partial charge in [0.1, 0.15) is 13.1 Å². The summed E-state index contributed by atoms with van der Waals surface area (Å²) >= 11 is 0. The second kappa shape index (κ2) is 4.64. The molecule has 1 rings (SSSR count). The highest BCUT2D eigenvalue weighted by molar-refractivity contribution is 5.85. The number of aliphatic carboxylic acids is 1. The Morgan fingerprint density at radius 3 is 2.42 bits per heavy atom. The van der Waals surface area contributed by atoms with Gasteiger partial charge in [0.15, 0.2) is 6.54 Å². The number of carbonyl (C=O) groups is 1. The zero-order chi connectivity index (χ0) is 8.32. The minimum Gasteiger partial charge on any atom is -0.477 e. The van der Waals surface area contributed by atoms with Crippen LogP contribution in [-0.4, -0.2) is 55.5 Å². The largest absolute Gasteiger partial charge is 0.477 e. The van der Waals surface area contributed by atoms with Crippen LogP contribution < -0.4 is 0 Å². The van der Waals surface area contributed by atoms with Crippen molar-refractivity contribution in [1.82, 2.24) is 0 Å². The number of hydrogen-bond donors (Lipinski definition) is 1. The SMILES string of the molecule is C[N+]1(CC(=O)O)CCOCC1.Cl. The maximum atomic E-state index is 10.4. The molecule has 0 bridgehead atoms. The van der Waals surface area contributed by atoms with Crippen molar-refractivity contribution in [2.45, 2.75) is 0 Å². The third-order valence-electron chi connectivity index (χ3n) is 2.07. The predicted molar refractivity (Wildman–Crippen MR) is 46.5 cm³/mol. The van der Waals surface area contributed by atoms with Gasteiger partial charge in [0.2, 0.25) is 0 Å². The summed E-state index contributed by atoms with van der Waals surface area (Å²) in [6.07, 6.45) is 0. The molecule has 0 radical (unpaired) electrons. The van der Waals surface area contributed by atoms with Crippen LogP contribution in [0, 0.1) is 0 Å². The Balaban J connectivity index is 0.00000121. The Hall–Kier alpha value is -0.320. The second-order valence-electron chi connectivity index (χ2n) is 3.23. The lowest BCUT2D eigenvalue weighted by molar-refractivity contribution is -0.910. The van der Waals surface area contributed by atoms with E-state index in [1.165, 1.54) is 0 Å². The van der Waals surface area contributed by atoms with Crippen molar-refractivity contribution in [2.75, 3.05) is 39.9 Å². The number of hydrogen-bond acceptors (Lipinski definition) is 2. The summed E-state index contributed by atoms with van der Waals surface area (Å²) in [5.41, 5.74) is 0. The van der Waals surface area contributed by atoms with E-state index in [9.17, 15) is 4.79 Å². The normalized spacial score (nSPS) is 21.1. The van der Waals surface area contributed by atoms with Gasteiger partial charge in [-0.2, -0.15) is 0 Å². The van der Waals surface area contributed by atoms with Gasteiger partial charge < -0.3 is 14.3 Å². The number of ether oxygens (including phenoxy) is 1. The molecular formula is C7H15ClNO3+. The van der Waals surface area contributed by atoms with Crippen molar-refractivity contribution < 1.29 is 19.1 Å². The van der Waals surface area contributed by atoms with E-state index in [1.54, 1.807) is 0 Å². The molecule has 0 unspecified atom stereocenters. The summed E-state index contributed by atoms with van der Waals surface area (Å²) in [6.45, 7) is 3.20. The number of carboxylic acids is 1. The zero-order valence-electron chi connectivity index (χ0n) is 7.15. The molecule has 0 aromatic carbocycles. The molecule has 0 spiro atoms. The summed E-state index contributed by atoms with van der Waals surface area (Å²) in [5, 5.41) is 8.57. The summed E-state index contributed by atoms with van der Waals surface area (Å²) in [6, 6.07) is 0. The Morgan fingerprint density at radius 2 is 2.00 bits per heavy atom. The Morgan fingerprint density at radius 1 is 1.50 bits per heavy atom. The van der Waals surface area contributed by atoms with E-state index in [1.807, 2.05) is 7.05 Å². The minimum atomic E-state index is -0.727. The van der Waals surface area contributed by atoms with Gasteiger partial charge in [-0.1, -0.05) is 0 Å². The Labute approximate surface area is 78.1 Å². The van der Waals surface area contributed by atoms with Crippen molar-refractivity contribution in [3.63, 3.8) is 0 Å². The maximum absolute atomic E-state index is 10.4. The van der Waals surface area contributed by atoms with Crippen LogP contribution in [0.2, 0.25) is 0 Å². The molecule has 1 fully saturated rings. The first-order chi connectivity index (χ1) is 5.12. The van der Waals surface area contributed by atoms with E-state index in [0.717, 1.165) is 13.1 Å². The van der Waals surface area contributed by atoms with Gasteiger partial charge in [0, 0.05) is 0 Å². The first-order valence-corrected chi connectivity index (χ1v) is 3.75. The van der Waals surface area contributed by atoms with E-state index >= 15 is 0 Å². The van der Waals surface area contributed by atoms with Crippen LogP contribution in [0.1, 0.15) is 0 Å². The first kappa shape index (κ1) is 11.7. The Bertz CT molecular complexity index is 157. The van der Waals surface area contributed by atoms with Gasteiger partial charge in [0.05, 0.1) is 20.3 Å². The van der Waals surface area contributed by atoms with E-state index in [2.05, 4.69) is 0 Å². The first-order valence-electron chi connectivity index (χ1n) is 3.75. The average Bonchev–Trinajstić information content (AvgIpc) is 1.85. The lowest BCUT2D eigenvalue weighted by Crippen LogP contribution is -2.54. The number of quaternary nitrogens is 1. The van der Waals surface area contributed by atoms with Gasteiger partial charge in [0.25, 0.3) is 0 Å². The van der Waals surface area contributed by atoms with Crippen LogP contribution in [0.3, 0.4) is 0 Å². The number of carboxylic acid groups (broad SMARTS) is 1. The van der Waals surface area contributed by atoms with E-state index in [4.69, 9.17) is 9.84 Å². The highest BCUT2D eigenvalue weighted by Crippen LogP contribution is 2.06. The molecule has 1 saturated heterocycles. The summed E-state index contributed by atoms with van der Waals surface area (Å²) in [5.74, 6) is -0.727. The number of nitrogens with zero attached hydrogens (tertiary/aromatic N) is 1. The molecule has 0 aromatic rings. The van der Waals surface area contributed by atoms with Crippen LogP contribution in [0.25, 0.3) is 0 Å². The van der Waals surface area contributed by atoms with Crippen LogP contribution in [-0.2, 0) is 9.53 Å². The topological polar surface area (TPSA) is 46.5 Å². The predicted octanol–water partition coefficient (Wildman–Crippen LogP) is -0.0304. The number of morpholine rings is 1. The molecule has 4 nitrogen and oxygen atoms in total. The molecule has 1 aliphatic heterocycles. The quantitative estimate of drug-likeness (QED) is 0.631. The molecule has 0 saturated carbocycles. The van der Waals surface area contributed by atoms with Crippen molar-refractivity contribution in [1.29, 1.82) is 0 Å². The Kier molecular flexibility index (Phi) is 4.52. The van der Waals surface area contributed by atoms with Crippen molar-refractivity contribution in [3.05, 3.63) is 0 Å². The molecule has 0 aromatic heterocycles.